The second kappa shape index (κ2) is 5.71. The Hall–Kier alpha value is -0.740. The van der Waals surface area contributed by atoms with Crippen molar-refractivity contribution in [3.63, 3.8) is 0 Å². The Morgan fingerprint density at radius 3 is 2.58 bits per heavy atom. The van der Waals surface area contributed by atoms with E-state index >= 15 is 0 Å². The van der Waals surface area contributed by atoms with Crippen LogP contribution in [0.1, 0.15) is 51.3 Å². The van der Waals surface area contributed by atoms with Crippen molar-refractivity contribution in [2.75, 3.05) is 6.61 Å². The third kappa shape index (κ3) is 3.42. The summed E-state index contributed by atoms with van der Waals surface area (Å²) in [4.78, 5) is 17.7. The average molecular weight is 281 g/mol. The Balaban J connectivity index is 2.09. The molecule has 1 aliphatic rings. The molecule has 0 atom stereocenters. The van der Waals surface area contributed by atoms with Crippen molar-refractivity contribution in [1.82, 2.24) is 4.98 Å². The lowest BCUT2D eigenvalue weighted by atomic mass is 9.69. The highest BCUT2D eigenvalue weighted by Crippen LogP contribution is 2.43. The minimum Gasteiger partial charge on any atom is -0.367 e. The van der Waals surface area contributed by atoms with Crippen LogP contribution < -0.4 is 0 Å². The van der Waals surface area contributed by atoms with E-state index in [1.165, 1.54) is 0 Å². The Morgan fingerprint density at radius 1 is 1.37 bits per heavy atom. The summed E-state index contributed by atoms with van der Waals surface area (Å²) in [5.41, 5.74) is 1.57. The van der Waals surface area contributed by atoms with Crippen molar-refractivity contribution < 1.29 is 9.53 Å². The summed E-state index contributed by atoms with van der Waals surface area (Å²) in [7, 11) is 0. The van der Waals surface area contributed by atoms with Crippen molar-refractivity contribution in [3.8, 4) is 0 Å². The number of rotatable bonds is 5. The zero-order chi connectivity index (χ0) is 13.9. The molecule has 1 saturated carbocycles. The number of Topliss-reactive ketones (excluding diaryl/α,β-unsaturated/α-hetero) is 1. The molecule has 4 heteroatoms. The molecule has 0 N–H and O–H groups in total. The van der Waals surface area contributed by atoms with E-state index in [0.29, 0.717) is 18.4 Å². The van der Waals surface area contributed by atoms with Crippen LogP contribution in [0.3, 0.4) is 0 Å². The van der Waals surface area contributed by atoms with Gasteiger partial charge in [0.2, 0.25) is 0 Å². The monoisotopic (exact) mass is 281 g/mol. The first-order valence-electron chi connectivity index (χ1n) is 7.02. The highest BCUT2D eigenvalue weighted by atomic mass is 32.1. The van der Waals surface area contributed by atoms with Crippen molar-refractivity contribution in [3.05, 3.63) is 16.6 Å². The summed E-state index contributed by atoms with van der Waals surface area (Å²) < 4.78 is 5.91. The van der Waals surface area contributed by atoms with Gasteiger partial charge in [-0.05, 0) is 38.0 Å². The number of nitrogens with zero attached hydrogens (tertiary/aromatic N) is 1. The number of ketones is 1. The fourth-order valence-electron chi connectivity index (χ4n) is 2.76. The largest absolute Gasteiger partial charge is 0.367 e. The van der Waals surface area contributed by atoms with Gasteiger partial charge in [0.05, 0.1) is 5.51 Å². The number of hydrogen-bond donors (Lipinski definition) is 0. The van der Waals surface area contributed by atoms with Crippen LogP contribution in [-0.2, 0) is 16.0 Å². The Kier molecular flexibility index (Phi) is 4.41. The first kappa shape index (κ1) is 14.7. The van der Waals surface area contributed by atoms with Gasteiger partial charge in [-0.1, -0.05) is 13.8 Å². The Morgan fingerprint density at radius 2 is 2.05 bits per heavy atom. The molecule has 1 aromatic rings. The molecule has 0 aliphatic heterocycles. The maximum Gasteiger partial charge on any atom is 0.169 e. The average Bonchev–Trinajstić information content (AvgIpc) is 2.85. The quantitative estimate of drug-likeness (QED) is 0.827. The molecule has 0 saturated heterocycles. The van der Waals surface area contributed by atoms with Gasteiger partial charge in [-0.25, -0.2) is 0 Å². The van der Waals surface area contributed by atoms with E-state index in [2.05, 4.69) is 18.8 Å². The molecular formula is C15H23NO2S. The maximum atomic E-state index is 12.6. The van der Waals surface area contributed by atoms with Crippen LogP contribution in [0, 0.1) is 5.41 Å². The lowest BCUT2D eigenvalue weighted by Gasteiger charge is -2.42. The fraction of sp³-hybridized carbons (Fsp3) is 0.733. The van der Waals surface area contributed by atoms with Gasteiger partial charge in [0, 0.05) is 24.1 Å². The molecule has 0 amide bonds. The molecule has 0 spiro atoms. The summed E-state index contributed by atoms with van der Waals surface area (Å²) >= 11 is 1.54. The molecule has 106 valence electrons. The van der Waals surface area contributed by atoms with Crippen LogP contribution in [0.25, 0.3) is 0 Å². The number of aromatic nitrogens is 1. The molecule has 3 nitrogen and oxygen atoms in total. The number of hydrogen-bond acceptors (Lipinski definition) is 4. The molecule has 1 heterocycles. The molecular weight excluding hydrogens is 258 g/mol. The van der Waals surface area contributed by atoms with Crippen LogP contribution in [-0.4, -0.2) is 23.0 Å². The van der Waals surface area contributed by atoms with Crippen LogP contribution >= 0.6 is 11.3 Å². The van der Waals surface area contributed by atoms with Crippen molar-refractivity contribution >= 4 is 17.1 Å². The molecule has 2 rings (SSSR count). The van der Waals surface area contributed by atoms with Gasteiger partial charge in [0.1, 0.15) is 5.60 Å². The number of carbonyl (C=O) groups excluding carboxylic acids is 1. The standard InChI is InChI=1S/C15H23NO2S/c1-4-18-15(7-5-14(2,3)6-8-15)13(17)9-12-10-16-11-19-12/h10-11H,4-9H2,1-3H3. The van der Waals surface area contributed by atoms with Gasteiger partial charge in [-0.2, -0.15) is 0 Å². The minimum absolute atomic E-state index is 0.231. The SMILES string of the molecule is CCOC1(C(=O)Cc2cncs2)CCC(C)(C)CC1. The molecule has 19 heavy (non-hydrogen) atoms. The lowest BCUT2D eigenvalue weighted by molar-refractivity contribution is -0.151. The van der Waals surface area contributed by atoms with Gasteiger partial charge in [0.15, 0.2) is 5.78 Å². The predicted molar refractivity (Wildman–Crippen MR) is 77.4 cm³/mol. The summed E-state index contributed by atoms with van der Waals surface area (Å²) in [6.45, 7) is 7.13. The zero-order valence-corrected chi connectivity index (χ0v) is 12.9. The van der Waals surface area contributed by atoms with E-state index in [1.54, 1.807) is 23.0 Å². The third-order valence-corrected chi connectivity index (χ3v) is 4.94. The van der Waals surface area contributed by atoms with Gasteiger partial charge in [-0.3, -0.25) is 9.78 Å². The van der Waals surface area contributed by atoms with Crippen molar-refractivity contribution in [2.45, 2.75) is 58.5 Å². The molecule has 1 aromatic heterocycles. The normalized spacial score (nSPS) is 21.2. The molecule has 1 fully saturated rings. The topological polar surface area (TPSA) is 39.2 Å². The number of thiazole rings is 1. The summed E-state index contributed by atoms with van der Waals surface area (Å²) in [6, 6.07) is 0. The Labute approximate surface area is 119 Å². The van der Waals surface area contributed by atoms with E-state index in [9.17, 15) is 4.79 Å². The molecule has 0 radical (unpaired) electrons. The maximum absolute atomic E-state index is 12.6. The van der Waals surface area contributed by atoms with Crippen molar-refractivity contribution in [1.29, 1.82) is 0 Å². The fourth-order valence-corrected chi connectivity index (χ4v) is 3.35. The van der Waals surface area contributed by atoms with Gasteiger partial charge < -0.3 is 4.74 Å². The second-order valence-corrected chi connectivity index (χ2v) is 7.13. The summed E-state index contributed by atoms with van der Waals surface area (Å²) in [5.74, 6) is 0.231. The molecule has 0 aromatic carbocycles. The molecule has 1 aliphatic carbocycles. The van der Waals surface area contributed by atoms with Crippen LogP contribution in [0.15, 0.2) is 11.7 Å². The highest BCUT2D eigenvalue weighted by molar-refractivity contribution is 7.09. The summed E-state index contributed by atoms with van der Waals surface area (Å²) in [5, 5.41) is 0. The molecule has 0 bridgehead atoms. The number of carbonyl (C=O) groups is 1. The van der Waals surface area contributed by atoms with Crippen LogP contribution in [0.2, 0.25) is 0 Å². The van der Waals surface area contributed by atoms with Gasteiger partial charge in [-0.15, -0.1) is 11.3 Å². The Bertz CT molecular complexity index is 415. The molecule has 0 unspecified atom stereocenters. The summed E-state index contributed by atoms with van der Waals surface area (Å²) in [6.07, 6.45) is 6.07. The minimum atomic E-state index is -0.547. The number of ether oxygens (including phenoxy) is 1. The highest BCUT2D eigenvalue weighted by Gasteiger charge is 2.44. The lowest BCUT2D eigenvalue weighted by Crippen LogP contribution is -2.47. The first-order valence-corrected chi connectivity index (χ1v) is 7.90. The van der Waals surface area contributed by atoms with E-state index < -0.39 is 5.60 Å². The van der Waals surface area contributed by atoms with E-state index in [4.69, 9.17) is 4.74 Å². The third-order valence-electron chi connectivity index (χ3n) is 4.16. The van der Waals surface area contributed by atoms with Gasteiger partial charge in [0.25, 0.3) is 0 Å². The van der Waals surface area contributed by atoms with Crippen LogP contribution in [0.5, 0.6) is 0 Å². The predicted octanol–water partition coefficient (Wildman–Crippen LogP) is 3.63. The van der Waals surface area contributed by atoms with E-state index in [0.717, 1.165) is 30.6 Å². The first-order chi connectivity index (χ1) is 8.97. The van der Waals surface area contributed by atoms with Crippen molar-refractivity contribution in [2.24, 2.45) is 5.41 Å². The van der Waals surface area contributed by atoms with Crippen LogP contribution in [0.4, 0.5) is 0 Å². The zero-order valence-electron chi connectivity index (χ0n) is 12.1. The van der Waals surface area contributed by atoms with E-state index in [1.807, 2.05) is 6.92 Å². The van der Waals surface area contributed by atoms with Gasteiger partial charge >= 0.3 is 0 Å². The second-order valence-electron chi connectivity index (χ2n) is 6.16. The van der Waals surface area contributed by atoms with E-state index in [-0.39, 0.29) is 5.78 Å². The smallest absolute Gasteiger partial charge is 0.169 e.